The van der Waals surface area contributed by atoms with Crippen LogP contribution in [0.2, 0.25) is 0 Å². The van der Waals surface area contributed by atoms with Gasteiger partial charge < -0.3 is 19.1 Å². The maximum atomic E-state index is 12.7. The molecule has 8 nitrogen and oxygen atoms in total. The van der Waals surface area contributed by atoms with Crippen LogP contribution in [-0.4, -0.2) is 48.8 Å². The van der Waals surface area contributed by atoms with Gasteiger partial charge in [0.25, 0.3) is 0 Å². The number of carbonyl (C=O) groups is 2. The molecule has 0 aliphatic carbocycles. The lowest BCUT2D eigenvalue weighted by atomic mass is 9.94. The van der Waals surface area contributed by atoms with Gasteiger partial charge in [0, 0.05) is 24.5 Å². The van der Waals surface area contributed by atoms with Crippen molar-refractivity contribution in [3.63, 3.8) is 0 Å². The quantitative estimate of drug-likeness (QED) is 0.530. The first-order chi connectivity index (χ1) is 13.6. The molecule has 1 aliphatic rings. The first-order valence-corrected chi connectivity index (χ1v) is 9.19. The van der Waals surface area contributed by atoms with Crippen LogP contribution < -0.4 is 9.64 Å². The minimum absolute atomic E-state index is 0.159. The fourth-order valence-corrected chi connectivity index (χ4v) is 3.32. The molecule has 2 aromatic rings. The van der Waals surface area contributed by atoms with Gasteiger partial charge in [0.1, 0.15) is 5.75 Å². The molecule has 3 rings (SSSR count). The maximum absolute atomic E-state index is 12.7. The number of esters is 2. The first-order valence-electron chi connectivity index (χ1n) is 9.19. The van der Waals surface area contributed by atoms with Crippen LogP contribution in [0.4, 0.5) is 11.6 Å². The summed E-state index contributed by atoms with van der Waals surface area (Å²) in [7, 11) is 1.54. The lowest BCUT2D eigenvalue weighted by molar-refractivity contribution is -0.156. The van der Waals surface area contributed by atoms with Crippen molar-refractivity contribution in [2.75, 3.05) is 31.8 Å². The normalized spacial score (nSPS) is 12.6. The van der Waals surface area contributed by atoms with Crippen molar-refractivity contribution in [3.8, 4) is 5.75 Å². The number of anilines is 2. The molecule has 1 aliphatic heterocycles. The van der Waals surface area contributed by atoms with E-state index in [-0.39, 0.29) is 13.2 Å². The van der Waals surface area contributed by atoms with Crippen LogP contribution >= 0.6 is 0 Å². The van der Waals surface area contributed by atoms with Crippen molar-refractivity contribution in [3.05, 3.63) is 41.7 Å². The Balaban J connectivity index is 2.16. The number of methoxy groups -OCH3 is 1. The van der Waals surface area contributed by atoms with Gasteiger partial charge in [-0.2, -0.15) is 0 Å². The topological polar surface area (TPSA) is 90.9 Å². The Labute approximate surface area is 163 Å². The predicted molar refractivity (Wildman–Crippen MR) is 102 cm³/mol. The zero-order valence-corrected chi connectivity index (χ0v) is 16.2. The summed E-state index contributed by atoms with van der Waals surface area (Å²) in [5.41, 5.74) is 2.13. The van der Waals surface area contributed by atoms with E-state index in [4.69, 9.17) is 14.2 Å². The third-order valence-corrected chi connectivity index (χ3v) is 4.45. The molecule has 8 heteroatoms. The highest BCUT2D eigenvalue weighted by molar-refractivity contribution is 6.03. The Morgan fingerprint density at radius 1 is 1.11 bits per heavy atom. The molecule has 0 unspecified atom stereocenters. The molecular formula is C20H23N3O5. The van der Waals surface area contributed by atoms with Gasteiger partial charge in [0.2, 0.25) is 5.95 Å². The van der Waals surface area contributed by atoms with Gasteiger partial charge in [-0.3, -0.25) is 9.59 Å². The van der Waals surface area contributed by atoms with Crippen molar-refractivity contribution < 1.29 is 23.8 Å². The first kappa shape index (κ1) is 19.6. The van der Waals surface area contributed by atoms with Crippen LogP contribution in [0.15, 0.2) is 30.6 Å². The van der Waals surface area contributed by atoms with E-state index in [9.17, 15) is 9.59 Å². The Kier molecular flexibility index (Phi) is 6.08. The molecule has 0 N–H and O–H groups in total. The fraction of sp³-hybridized carbons (Fsp3) is 0.400. The average Bonchev–Trinajstić information content (AvgIpc) is 3.13. The second-order valence-corrected chi connectivity index (χ2v) is 6.11. The Hall–Kier alpha value is -3.16. The third kappa shape index (κ3) is 3.76. The van der Waals surface area contributed by atoms with Gasteiger partial charge in [-0.15, -0.1) is 0 Å². The van der Waals surface area contributed by atoms with Crippen LogP contribution in [0.5, 0.6) is 5.75 Å². The Morgan fingerprint density at radius 3 is 2.32 bits per heavy atom. The van der Waals surface area contributed by atoms with E-state index in [1.54, 1.807) is 45.5 Å². The van der Waals surface area contributed by atoms with Crippen LogP contribution in [0.3, 0.4) is 0 Å². The van der Waals surface area contributed by atoms with Gasteiger partial charge in [0.15, 0.2) is 5.92 Å². The number of benzene rings is 1. The molecule has 0 atom stereocenters. The lowest BCUT2D eigenvalue weighted by Gasteiger charge is -2.24. The highest BCUT2D eigenvalue weighted by Gasteiger charge is 2.38. The molecule has 0 fully saturated rings. The molecule has 1 aromatic heterocycles. The van der Waals surface area contributed by atoms with Crippen molar-refractivity contribution in [2.24, 2.45) is 0 Å². The number of nitrogens with zero attached hydrogens (tertiary/aromatic N) is 3. The second kappa shape index (κ2) is 8.69. The van der Waals surface area contributed by atoms with Crippen molar-refractivity contribution in [1.29, 1.82) is 0 Å². The van der Waals surface area contributed by atoms with Crippen LogP contribution in [0.1, 0.15) is 30.9 Å². The zero-order chi connectivity index (χ0) is 20.1. The molecule has 148 valence electrons. The summed E-state index contributed by atoms with van der Waals surface area (Å²) in [5, 5.41) is 0. The SMILES string of the molecule is CCOC(=O)C(C(=O)OCC)c1cc(OC)cc2c1N(c1ncccn1)CC2. The van der Waals surface area contributed by atoms with Crippen LogP contribution in [0, 0.1) is 0 Å². The summed E-state index contributed by atoms with van der Waals surface area (Å²) in [4.78, 5) is 35.9. The molecule has 0 spiro atoms. The summed E-state index contributed by atoms with van der Waals surface area (Å²) < 4.78 is 15.7. The van der Waals surface area contributed by atoms with E-state index < -0.39 is 17.9 Å². The van der Waals surface area contributed by atoms with Crippen molar-refractivity contribution in [1.82, 2.24) is 9.97 Å². The summed E-state index contributed by atoms with van der Waals surface area (Å²) in [6.45, 7) is 4.33. The number of ether oxygens (including phenoxy) is 3. The molecule has 0 bridgehead atoms. The summed E-state index contributed by atoms with van der Waals surface area (Å²) in [6, 6.07) is 5.31. The summed E-state index contributed by atoms with van der Waals surface area (Å²) in [6.07, 6.45) is 4.01. The molecular weight excluding hydrogens is 362 g/mol. The molecule has 0 amide bonds. The van der Waals surface area contributed by atoms with E-state index in [1.807, 2.05) is 11.0 Å². The molecule has 1 aromatic carbocycles. The molecule has 0 radical (unpaired) electrons. The number of hydrogen-bond donors (Lipinski definition) is 0. The van der Waals surface area contributed by atoms with Crippen LogP contribution in [-0.2, 0) is 25.5 Å². The minimum Gasteiger partial charge on any atom is -0.497 e. The van der Waals surface area contributed by atoms with E-state index >= 15 is 0 Å². The second-order valence-electron chi connectivity index (χ2n) is 6.11. The number of aromatic nitrogens is 2. The molecule has 28 heavy (non-hydrogen) atoms. The van der Waals surface area contributed by atoms with E-state index in [0.717, 1.165) is 11.3 Å². The number of fused-ring (bicyclic) bond motifs is 1. The molecule has 0 saturated carbocycles. The highest BCUT2D eigenvalue weighted by atomic mass is 16.6. The lowest BCUT2D eigenvalue weighted by Crippen LogP contribution is -2.28. The van der Waals surface area contributed by atoms with Gasteiger partial charge in [0.05, 0.1) is 26.0 Å². The average molecular weight is 385 g/mol. The van der Waals surface area contributed by atoms with Gasteiger partial charge >= 0.3 is 11.9 Å². The van der Waals surface area contributed by atoms with Gasteiger partial charge in [-0.05, 0) is 44.0 Å². The largest absolute Gasteiger partial charge is 0.497 e. The smallest absolute Gasteiger partial charge is 0.324 e. The van der Waals surface area contributed by atoms with Crippen molar-refractivity contribution in [2.45, 2.75) is 26.2 Å². The predicted octanol–water partition coefficient (Wildman–Crippen LogP) is 2.39. The number of carbonyl (C=O) groups excluding carboxylic acids is 2. The Morgan fingerprint density at radius 2 is 1.75 bits per heavy atom. The third-order valence-electron chi connectivity index (χ3n) is 4.45. The molecule has 2 heterocycles. The number of rotatable bonds is 7. The monoisotopic (exact) mass is 385 g/mol. The summed E-state index contributed by atoms with van der Waals surface area (Å²) >= 11 is 0. The highest BCUT2D eigenvalue weighted by Crippen LogP contribution is 2.42. The van der Waals surface area contributed by atoms with Gasteiger partial charge in [-0.25, -0.2) is 9.97 Å². The Bertz CT molecular complexity index is 838. The van der Waals surface area contributed by atoms with E-state index in [2.05, 4.69) is 9.97 Å². The van der Waals surface area contributed by atoms with Gasteiger partial charge in [-0.1, -0.05) is 0 Å². The standard InChI is InChI=1S/C20H23N3O5/c1-4-27-18(24)16(19(25)28-5-2)15-12-14(26-3)11-13-7-10-23(17(13)15)20-21-8-6-9-22-20/h6,8-9,11-12,16H,4-5,7,10H2,1-3H3. The number of hydrogen-bond acceptors (Lipinski definition) is 8. The molecule has 0 saturated heterocycles. The van der Waals surface area contributed by atoms with Crippen LogP contribution in [0.25, 0.3) is 0 Å². The minimum atomic E-state index is -1.21. The zero-order valence-electron chi connectivity index (χ0n) is 16.2. The fourth-order valence-electron chi connectivity index (χ4n) is 3.32. The van der Waals surface area contributed by atoms with E-state index in [0.29, 0.717) is 30.2 Å². The van der Waals surface area contributed by atoms with Crippen molar-refractivity contribution >= 4 is 23.6 Å². The maximum Gasteiger partial charge on any atom is 0.324 e. The van der Waals surface area contributed by atoms with E-state index in [1.165, 1.54) is 0 Å². The summed E-state index contributed by atoms with van der Waals surface area (Å²) in [5.74, 6) is -1.47.